The number of thiocarbonyl (C=S) groups is 1. The number of benzene rings is 1. The van der Waals surface area contributed by atoms with Gasteiger partial charge in [0, 0.05) is 5.56 Å². The van der Waals surface area contributed by atoms with Crippen LogP contribution in [0, 0.1) is 0 Å². The maximum absolute atomic E-state index is 11.0. The molecule has 9 heteroatoms. The van der Waals surface area contributed by atoms with Crippen LogP contribution in [0.2, 0.25) is 0 Å². The Kier molecular flexibility index (Phi) is 4.72. The number of carbonyl (C=O) groups is 2. The second-order valence-electron chi connectivity index (χ2n) is 4.31. The summed E-state index contributed by atoms with van der Waals surface area (Å²) < 4.78 is 5.42. The van der Waals surface area contributed by atoms with Gasteiger partial charge in [0.05, 0.1) is 18.2 Å². The molecule has 3 N–H and O–H groups in total. The van der Waals surface area contributed by atoms with Gasteiger partial charge in [-0.05, 0) is 53.7 Å². The van der Waals surface area contributed by atoms with E-state index < -0.39 is 11.9 Å². The van der Waals surface area contributed by atoms with Crippen LogP contribution in [0.4, 0.5) is 0 Å². The van der Waals surface area contributed by atoms with Gasteiger partial charge < -0.3 is 30.0 Å². The summed E-state index contributed by atoms with van der Waals surface area (Å²) in [4.78, 5) is 21.9. The van der Waals surface area contributed by atoms with Crippen molar-refractivity contribution in [1.82, 2.24) is 5.43 Å². The van der Waals surface area contributed by atoms with E-state index in [9.17, 15) is 19.8 Å². The Morgan fingerprint density at radius 2 is 1.78 bits per heavy atom. The van der Waals surface area contributed by atoms with Gasteiger partial charge in [-0.1, -0.05) is 0 Å². The molecule has 0 aliphatic carbocycles. The Bertz CT molecular complexity index is 780. The first kappa shape index (κ1) is 16.2. The summed E-state index contributed by atoms with van der Waals surface area (Å²) in [5.74, 6) is -2.46. The zero-order chi connectivity index (χ0) is 17.0. The van der Waals surface area contributed by atoms with Crippen molar-refractivity contribution in [2.75, 3.05) is 0 Å². The minimum atomic E-state index is -1.51. The monoisotopic (exact) mass is 331 g/mol. The topological polar surface area (TPSA) is 144 Å². The zero-order valence-electron chi connectivity index (χ0n) is 11.4. The van der Waals surface area contributed by atoms with E-state index in [1.165, 1.54) is 24.4 Å². The molecule has 0 spiro atoms. The lowest BCUT2D eigenvalue weighted by Crippen LogP contribution is -2.25. The molecule has 0 saturated carbocycles. The highest BCUT2D eigenvalue weighted by Crippen LogP contribution is 2.24. The average Bonchev–Trinajstić information content (AvgIpc) is 2.95. The Morgan fingerprint density at radius 3 is 2.30 bits per heavy atom. The molecule has 1 aromatic heterocycles. The Hall–Kier alpha value is -3.20. The number of hydrazone groups is 1. The third-order valence-electron chi connectivity index (χ3n) is 2.68. The summed E-state index contributed by atoms with van der Waals surface area (Å²) >= 11 is 4.57. The van der Waals surface area contributed by atoms with E-state index in [1.54, 1.807) is 6.07 Å². The number of carbonyl (C=O) groups excluding carboxylic acids is 2. The second kappa shape index (κ2) is 6.71. The van der Waals surface area contributed by atoms with E-state index in [4.69, 9.17) is 10.2 Å². The van der Waals surface area contributed by atoms with Crippen LogP contribution in [0.15, 0.2) is 39.9 Å². The first-order valence-corrected chi connectivity index (χ1v) is 6.54. The fourth-order valence-corrected chi connectivity index (χ4v) is 1.80. The molecule has 0 aliphatic heterocycles. The van der Waals surface area contributed by atoms with E-state index in [2.05, 4.69) is 22.7 Å². The van der Waals surface area contributed by atoms with Gasteiger partial charge in [0.15, 0.2) is 5.11 Å². The minimum Gasteiger partial charge on any atom is -0.545 e. The third-order valence-corrected chi connectivity index (χ3v) is 2.77. The number of rotatable bonds is 5. The number of carboxylic acids is 2. The van der Waals surface area contributed by atoms with Gasteiger partial charge in [-0.3, -0.25) is 5.43 Å². The molecule has 1 heterocycles. The van der Waals surface area contributed by atoms with Crippen LogP contribution in [0.1, 0.15) is 26.5 Å². The lowest BCUT2D eigenvalue weighted by atomic mass is 10.0. The summed E-state index contributed by atoms with van der Waals surface area (Å²) in [7, 11) is 0. The number of carboxylic acid groups (broad SMARTS) is 2. The molecule has 0 radical (unpaired) electrons. The predicted octanol–water partition coefficient (Wildman–Crippen LogP) is -1.16. The molecule has 0 bridgehead atoms. The summed E-state index contributed by atoms with van der Waals surface area (Å²) in [6.07, 6.45) is 1.30. The van der Waals surface area contributed by atoms with Crippen molar-refractivity contribution in [3.8, 4) is 11.3 Å². The van der Waals surface area contributed by atoms with Crippen LogP contribution in [0.25, 0.3) is 11.3 Å². The molecule has 0 unspecified atom stereocenters. The molecule has 8 nitrogen and oxygen atoms in total. The van der Waals surface area contributed by atoms with Crippen molar-refractivity contribution in [1.29, 1.82) is 0 Å². The van der Waals surface area contributed by atoms with E-state index in [-0.39, 0.29) is 27.6 Å². The van der Waals surface area contributed by atoms with Crippen molar-refractivity contribution in [3.63, 3.8) is 0 Å². The highest BCUT2D eigenvalue weighted by atomic mass is 32.1. The van der Waals surface area contributed by atoms with E-state index >= 15 is 0 Å². The quantitative estimate of drug-likeness (QED) is 0.396. The van der Waals surface area contributed by atoms with Crippen molar-refractivity contribution in [2.45, 2.75) is 0 Å². The molecule has 0 atom stereocenters. The molecular weight excluding hydrogens is 322 g/mol. The molecule has 0 fully saturated rings. The number of aromatic carboxylic acids is 2. The summed E-state index contributed by atoms with van der Waals surface area (Å²) in [6.45, 7) is 0. The molecular formula is C14H9N3O5S-2. The average molecular weight is 331 g/mol. The smallest absolute Gasteiger partial charge is 0.184 e. The fraction of sp³-hybridized carbons (Fsp3) is 0. The summed E-state index contributed by atoms with van der Waals surface area (Å²) in [6, 6.07) is 6.48. The first-order chi connectivity index (χ1) is 10.9. The van der Waals surface area contributed by atoms with Crippen LogP contribution in [0.3, 0.4) is 0 Å². The molecule has 0 aliphatic rings. The molecule has 2 aromatic rings. The van der Waals surface area contributed by atoms with Gasteiger partial charge in [0.2, 0.25) is 0 Å². The van der Waals surface area contributed by atoms with Crippen molar-refractivity contribution in [2.24, 2.45) is 10.8 Å². The van der Waals surface area contributed by atoms with Gasteiger partial charge in [0.1, 0.15) is 11.5 Å². The standard InChI is InChI=1S/C14H11N3O5S/c15-14(23)17-16-6-10-1-2-11(22-10)7-3-8(12(18)19)5-9(4-7)13(20)21/h1-6H,(H,18,19)(H,20,21)(H3,15,17,23)/p-2/b16-6+. The number of nitrogens with two attached hydrogens (primary N) is 1. The maximum Gasteiger partial charge on any atom is 0.184 e. The van der Waals surface area contributed by atoms with Crippen LogP contribution >= 0.6 is 12.2 Å². The summed E-state index contributed by atoms with van der Waals surface area (Å²) in [5, 5.41) is 25.6. The highest BCUT2D eigenvalue weighted by Gasteiger charge is 2.08. The van der Waals surface area contributed by atoms with Crippen molar-refractivity contribution < 1.29 is 24.2 Å². The van der Waals surface area contributed by atoms with Gasteiger partial charge >= 0.3 is 0 Å². The van der Waals surface area contributed by atoms with Gasteiger partial charge in [0.25, 0.3) is 0 Å². The lowest BCUT2D eigenvalue weighted by molar-refractivity contribution is -0.255. The highest BCUT2D eigenvalue weighted by molar-refractivity contribution is 7.80. The van der Waals surface area contributed by atoms with Crippen LogP contribution in [0.5, 0.6) is 0 Å². The minimum absolute atomic E-state index is 0.0201. The molecule has 23 heavy (non-hydrogen) atoms. The largest absolute Gasteiger partial charge is 0.545 e. The molecule has 1 aromatic carbocycles. The predicted molar refractivity (Wildman–Crippen MR) is 80.3 cm³/mol. The Morgan fingerprint density at radius 1 is 1.17 bits per heavy atom. The van der Waals surface area contributed by atoms with Gasteiger partial charge in [-0.25, -0.2) is 0 Å². The molecule has 118 valence electrons. The normalized spacial score (nSPS) is 10.6. The Balaban J connectivity index is 2.36. The number of hydrogen-bond acceptors (Lipinski definition) is 7. The SMILES string of the molecule is NC(=S)N/N=C/c1ccc(-c2cc(C(=O)[O-])cc(C(=O)[O-])c2)o1. The van der Waals surface area contributed by atoms with Gasteiger partial charge in [-0.15, -0.1) is 0 Å². The number of nitrogens with zero attached hydrogens (tertiary/aromatic N) is 1. The Labute approximate surface area is 135 Å². The second-order valence-corrected chi connectivity index (χ2v) is 4.75. The van der Waals surface area contributed by atoms with Crippen LogP contribution < -0.4 is 21.4 Å². The fourth-order valence-electron chi connectivity index (χ4n) is 1.74. The number of furan rings is 1. The van der Waals surface area contributed by atoms with E-state index in [0.717, 1.165) is 6.07 Å². The number of nitrogens with one attached hydrogen (secondary N) is 1. The van der Waals surface area contributed by atoms with E-state index in [1.807, 2.05) is 0 Å². The van der Waals surface area contributed by atoms with Crippen molar-refractivity contribution in [3.05, 3.63) is 47.2 Å². The maximum atomic E-state index is 11.0. The van der Waals surface area contributed by atoms with E-state index in [0.29, 0.717) is 5.76 Å². The third kappa shape index (κ3) is 4.14. The zero-order valence-corrected chi connectivity index (χ0v) is 12.3. The molecule has 2 rings (SSSR count). The molecule has 0 amide bonds. The first-order valence-electron chi connectivity index (χ1n) is 6.13. The van der Waals surface area contributed by atoms with Crippen LogP contribution in [-0.2, 0) is 0 Å². The lowest BCUT2D eigenvalue weighted by Gasteiger charge is -2.09. The molecule has 0 saturated heterocycles. The number of hydrogen-bond donors (Lipinski definition) is 2. The van der Waals surface area contributed by atoms with Gasteiger partial charge in [-0.2, -0.15) is 5.10 Å². The van der Waals surface area contributed by atoms with Crippen LogP contribution in [-0.4, -0.2) is 23.3 Å². The summed E-state index contributed by atoms with van der Waals surface area (Å²) in [5.41, 5.74) is 7.17. The van der Waals surface area contributed by atoms with Crippen molar-refractivity contribution >= 4 is 35.5 Å².